The Morgan fingerprint density at radius 1 is 1.29 bits per heavy atom. The second-order valence-corrected chi connectivity index (χ2v) is 6.22. The fraction of sp³-hybridized carbons (Fsp3) is 0.467. The van der Waals surface area contributed by atoms with E-state index >= 15 is 0 Å². The van der Waals surface area contributed by atoms with Crippen LogP contribution in [-0.2, 0) is 6.42 Å². The summed E-state index contributed by atoms with van der Waals surface area (Å²) in [4.78, 5) is 4.43. The average Bonchev–Trinajstić information content (AvgIpc) is 3.04. The summed E-state index contributed by atoms with van der Waals surface area (Å²) in [7, 11) is 0. The third-order valence-electron chi connectivity index (χ3n) is 3.59. The highest BCUT2D eigenvalue weighted by Crippen LogP contribution is 2.32. The zero-order valence-corrected chi connectivity index (χ0v) is 13.2. The van der Waals surface area contributed by atoms with E-state index in [1.54, 1.807) is 0 Å². The highest BCUT2D eigenvalue weighted by molar-refractivity contribution is 5.85. The topological polar surface area (TPSA) is 74.2 Å². The Morgan fingerprint density at radius 3 is 2.76 bits per heavy atom. The summed E-state index contributed by atoms with van der Waals surface area (Å²) in [5.41, 5.74) is 8.15. The Kier molecular flexibility index (Phi) is 4.25. The highest BCUT2D eigenvalue weighted by Gasteiger charge is 2.28. The molecule has 2 heterocycles. The summed E-state index contributed by atoms with van der Waals surface area (Å²) >= 11 is 0. The van der Waals surface area contributed by atoms with Crippen LogP contribution in [0.5, 0.6) is 5.75 Å². The van der Waals surface area contributed by atoms with Gasteiger partial charge in [0.15, 0.2) is 0 Å². The van der Waals surface area contributed by atoms with Gasteiger partial charge < -0.3 is 15.0 Å². The van der Waals surface area contributed by atoms with Gasteiger partial charge in [0.25, 0.3) is 0 Å². The maximum absolute atomic E-state index is 6.14. The first-order chi connectivity index (χ1) is 9.45. The Labute approximate surface area is 130 Å². The van der Waals surface area contributed by atoms with Gasteiger partial charge in [0.1, 0.15) is 5.75 Å². The molecule has 0 spiro atoms. The van der Waals surface area contributed by atoms with Crippen molar-refractivity contribution in [2.75, 3.05) is 6.61 Å². The molecule has 0 unspecified atom stereocenters. The lowest BCUT2D eigenvalue weighted by Gasteiger charge is -2.23. The Morgan fingerprint density at radius 2 is 2.05 bits per heavy atom. The molecule has 0 bridgehead atoms. The molecule has 21 heavy (non-hydrogen) atoms. The van der Waals surface area contributed by atoms with Crippen LogP contribution >= 0.6 is 12.4 Å². The van der Waals surface area contributed by atoms with Crippen molar-refractivity contribution in [3.8, 4) is 17.1 Å². The number of ether oxygens (including phenoxy) is 1. The molecule has 0 saturated heterocycles. The monoisotopic (exact) mass is 309 g/mol. The van der Waals surface area contributed by atoms with Crippen LogP contribution in [0.15, 0.2) is 22.7 Å². The molecule has 0 amide bonds. The van der Waals surface area contributed by atoms with Crippen molar-refractivity contribution in [1.29, 1.82) is 0 Å². The van der Waals surface area contributed by atoms with Crippen molar-refractivity contribution in [1.82, 2.24) is 10.1 Å². The lowest BCUT2D eigenvalue weighted by molar-refractivity contribution is 0.253. The Bertz CT molecular complexity index is 634. The third-order valence-corrected chi connectivity index (χ3v) is 3.59. The minimum atomic E-state index is -0.276. The number of nitrogens with two attached hydrogens (primary N) is 1. The summed E-state index contributed by atoms with van der Waals surface area (Å²) in [5, 5.41) is 4.04. The minimum absolute atomic E-state index is 0. The van der Waals surface area contributed by atoms with Gasteiger partial charge >= 0.3 is 0 Å². The van der Waals surface area contributed by atoms with Gasteiger partial charge in [0.2, 0.25) is 11.7 Å². The van der Waals surface area contributed by atoms with E-state index in [9.17, 15) is 0 Å². The van der Waals surface area contributed by atoms with E-state index in [0.717, 1.165) is 24.3 Å². The zero-order chi connectivity index (χ0) is 14.3. The maximum Gasteiger partial charge on any atom is 0.244 e. The predicted molar refractivity (Wildman–Crippen MR) is 82.6 cm³/mol. The Balaban J connectivity index is 0.00000161. The number of nitrogens with zero attached hydrogens (tertiary/aromatic N) is 2. The van der Waals surface area contributed by atoms with Crippen molar-refractivity contribution >= 4 is 12.4 Å². The molecule has 0 fully saturated rings. The van der Waals surface area contributed by atoms with Crippen LogP contribution < -0.4 is 10.5 Å². The number of aromatic nitrogens is 2. The van der Waals surface area contributed by atoms with E-state index in [2.05, 4.69) is 16.2 Å². The summed E-state index contributed by atoms with van der Waals surface area (Å²) in [6, 6.07) is 5.68. The maximum atomic E-state index is 6.14. The summed E-state index contributed by atoms with van der Waals surface area (Å²) in [6.07, 6.45) is 0.926. The van der Waals surface area contributed by atoms with Crippen molar-refractivity contribution in [2.24, 2.45) is 11.1 Å². The number of hydrogen-bond acceptors (Lipinski definition) is 5. The largest absolute Gasteiger partial charge is 0.493 e. The van der Waals surface area contributed by atoms with Gasteiger partial charge in [-0.1, -0.05) is 25.9 Å². The van der Waals surface area contributed by atoms with Gasteiger partial charge in [0, 0.05) is 12.0 Å². The molecule has 2 N–H and O–H groups in total. The van der Waals surface area contributed by atoms with Crippen LogP contribution in [0.1, 0.15) is 38.3 Å². The molecule has 1 aromatic heterocycles. The fourth-order valence-corrected chi connectivity index (χ4v) is 2.17. The van der Waals surface area contributed by atoms with E-state index in [-0.39, 0.29) is 23.9 Å². The average molecular weight is 310 g/mol. The van der Waals surface area contributed by atoms with Crippen molar-refractivity contribution in [2.45, 2.75) is 33.2 Å². The highest BCUT2D eigenvalue weighted by atomic mass is 35.5. The van der Waals surface area contributed by atoms with Crippen LogP contribution in [0.2, 0.25) is 0 Å². The first-order valence-corrected chi connectivity index (χ1v) is 6.80. The summed E-state index contributed by atoms with van der Waals surface area (Å²) in [6.45, 7) is 6.89. The Hall–Kier alpha value is -1.59. The van der Waals surface area contributed by atoms with Gasteiger partial charge in [-0.15, -0.1) is 12.4 Å². The van der Waals surface area contributed by atoms with Gasteiger partial charge in [0.05, 0.1) is 12.6 Å². The fourth-order valence-electron chi connectivity index (χ4n) is 2.17. The quantitative estimate of drug-likeness (QED) is 0.922. The van der Waals surface area contributed by atoms with Crippen LogP contribution in [0.3, 0.4) is 0 Å². The van der Waals surface area contributed by atoms with Gasteiger partial charge in [-0.05, 0) is 29.2 Å². The standard InChI is InChI=1S/C15H19N3O2.ClH/c1-15(2,3)12(16)14-17-13(18-20-14)10-4-5-11-9(8-10)6-7-19-11;/h4-5,8,12H,6-7,16H2,1-3H3;1H/t12-;/m1./s1. The molecule has 1 atom stereocenters. The number of halogens is 1. The van der Waals surface area contributed by atoms with Crippen LogP contribution in [0, 0.1) is 5.41 Å². The van der Waals surface area contributed by atoms with Crippen LogP contribution in [0.4, 0.5) is 0 Å². The molecule has 1 aliphatic heterocycles. The molecular formula is C15H20ClN3O2. The predicted octanol–water partition coefficient (Wildman–Crippen LogP) is 3.14. The van der Waals surface area contributed by atoms with Crippen LogP contribution in [0.25, 0.3) is 11.4 Å². The SMILES string of the molecule is CC(C)(C)[C@H](N)c1nc(-c2ccc3c(c2)CCO3)no1.Cl. The second-order valence-electron chi connectivity index (χ2n) is 6.22. The van der Waals surface area contributed by atoms with Gasteiger partial charge in [-0.25, -0.2) is 0 Å². The van der Waals surface area contributed by atoms with Gasteiger partial charge in [-0.3, -0.25) is 0 Å². The molecule has 5 nitrogen and oxygen atoms in total. The molecule has 0 saturated carbocycles. The smallest absolute Gasteiger partial charge is 0.244 e. The van der Waals surface area contributed by atoms with E-state index < -0.39 is 0 Å². The number of rotatable bonds is 2. The van der Waals surface area contributed by atoms with Gasteiger partial charge in [-0.2, -0.15) is 4.98 Å². The lowest BCUT2D eigenvalue weighted by atomic mass is 9.87. The molecule has 6 heteroatoms. The van der Waals surface area contributed by atoms with E-state index in [4.69, 9.17) is 15.0 Å². The number of benzene rings is 1. The summed E-state index contributed by atoms with van der Waals surface area (Å²) < 4.78 is 10.8. The van der Waals surface area contributed by atoms with Crippen molar-refractivity contribution in [3.63, 3.8) is 0 Å². The minimum Gasteiger partial charge on any atom is -0.493 e. The normalized spacial score (nSPS) is 15.0. The molecule has 2 aromatic rings. The molecule has 3 rings (SSSR count). The molecule has 0 aliphatic carbocycles. The first kappa shape index (κ1) is 15.8. The van der Waals surface area contributed by atoms with Crippen LogP contribution in [-0.4, -0.2) is 16.7 Å². The van der Waals surface area contributed by atoms with E-state index in [0.29, 0.717) is 11.7 Å². The third kappa shape index (κ3) is 3.04. The molecule has 114 valence electrons. The number of fused-ring (bicyclic) bond motifs is 1. The molecular weight excluding hydrogens is 290 g/mol. The second kappa shape index (κ2) is 5.66. The van der Waals surface area contributed by atoms with E-state index in [1.807, 2.05) is 32.9 Å². The summed E-state index contributed by atoms with van der Waals surface area (Å²) in [5.74, 6) is 2.00. The van der Waals surface area contributed by atoms with E-state index in [1.165, 1.54) is 5.56 Å². The number of hydrogen-bond donors (Lipinski definition) is 1. The first-order valence-electron chi connectivity index (χ1n) is 6.80. The van der Waals surface area contributed by atoms with Crippen molar-refractivity contribution < 1.29 is 9.26 Å². The van der Waals surface area contributed by atoms with Crippen molar-refractivity contribution in [3.05, 3.63) is 29.7 Å². The molecule has 1 aliphatic rings. The molecule has 0 radical (unpaired) electrons. The zero-order valence-electron chi connectivity index (χ0n) is 12.4. The lowest BCUT2D eigenvalue weighted by Crippen LogP contribution is -2.26. The molecule has 1 aromatic carbocycles.